The van der Waals surface area contributed by atoms with Gasteiger partial charge in [-0.2, -0.15) is 5.10 Å². The Bertz CT molecular complexity index is 1420. The number of hydrogen-bond donors (Lipinski definition) is 1. The number of carbonyl (C=O) groups excluding carboxylic acids is 1. The van der Waals surface area contributed by atoms with E-state index in [1.54, 1.807) is 12.1 Å². The average molecular weight is 508 g/mol. The Labute approximate surface area is 223 Å². The van der Waals surface area contributed by atoms with Crippen LogP contribution in [-0.2, 0) is 4.79 Å². The number of fused-ring (bicyclic) bond motifs is 1. The van der Waals surface area contributed by atoms with Crippen molar-refractivity contribution in [2.24, 2.45) is 5.10 Å². The number of rotatable bonds is 6. The average Bonchev–Trinajstić information content (AvgIpc) is 3.59. The number of amides is 1. The maximum Gasteiger partial charge on any atom is 0.257 e. The van der Waals surface area contributed by atoms with Crippen LogP contribution in [0.2, 0.25) is 0 Å². The molecule has 194 valence electrons. The summed E-state index contributed by atoms with van der Waals surface area (Å²) in [7, 11) is 1.66. The van der Waals surface area contributed by atoms with Crippen LogP contribution >= 0.6 is 0 Å². The first-order valence-corrected chi connectivity index (χ1v) is 13.3. The minimum absolute atomic E-state index is 0.0428. The van der Waals surface area contributed by atoms with E-state index in [9.17, 15) is 4.79 Å². The number of para-hydroxylation sites is 2. The third kappa shape index (κ3) is 4.94. The van der Waals surface area contributed by atoms with E-state index in [1.165, 1.54) is 5.56 Å². The lowest BCUT2D eigenvalue weighted by molar-refractivity contribution is -0.134. The molecule has 1 fully saturated rings. The lowest BCUT2D eigenvalue weighted by atomic mass is 9.96. The Kier molecular flexibility index (Phi) is 6.68. The summed E-state index contributed by atoms with van der Waals surface area (Å²) < 4.78 is 5.31. The van der Waals surface area contributed by atoms with Crippen molar-refractivity contribution in [3.63, 3.8) is 0 Å². The molecule has 1 atom stereocenters. The van der Waals surface area contributed by atoms with Gasteiger partial charge in [0, 0.05) is 12.3 Å². The normalized spacial score (nSPS) is 18.6. The molecule has 2 aliphatic heterocycles. The highest BCUT2D eigenvalue weighted by Crippen LogP contribution is 2.34. The lowest BCUT2D eigenvalue weighted by Gasteiger charge is -2.32. The van der Waals surface area contributed by atoms with Crippen molar-refractivity contribution < 1.29 is 9.53 Å². The second kappa shape index (κ2) is 10.4. The summed E-state index contributed by atoms with van der Waals surface area (Å²) in [6.45, 7) is 4.18. The fraction of sp³-hybridized carbons (Fsp3) is 0.323. The Morgan fingerprint density at radius 3 is 2.45 bits per heavy atom. The van der Waals surface area contributed by atoms with Crippen LogP contribution in [-0.4, -0.2) is 58.2 Å². The molecule has 3 heterocycles. The molecule has 1 N–H and O–H groups in total. The maximum atomic E-state index is 13.6. The lowest BCUT2D eigenvalue weighted by Crippen LogP contribution is -2.41. The number of aryl methyl sites for hydroxylation is 1. The summed E-state index contributed by atoms with van der Waals surface area (Å²) in [4.78, 5) is 24.2. The van der Waals surface area contributed by atoms with Gasteiger partial charge in [0.1, 0.15) is 11.6 Å². The molecule has 6 rings (SSSR count). The first kappa shape index (κ1) is 24.4. The van der Waals surface area contributed by atoms with Crippen molar-refractivity contribution in [3.8, 4) is 5.75 Å². The molecule has 1 unspecified atom stereocenters. The van der Waals surface area contributed by atoms with E-state index in [1.807, 2.05) is 42.5 Å². The van der Waals surface area contributed by atoms with Crippen LogP contribution in [0, 0.1) is 6.92 Å². The number of nitrogens with zero attached hydrogens (tertiary/aromatic N) is 4. The Balaban J connectivity index is 1.16. The zero-order chi connectivity index (χ0) is 26.1. The van der Waals surface area contributed by atoms with E-state index in [-0.39, 0.29) is 11.9 Å². The number of H-pyrrole nitrogens is 1. The number of imidazole rings is 1. The Hall–Kier alpha value is -3.97. The van der Waals surface area contributed by atoms with Gasteiger partial charge < -0.3 is 9.72 Å². The van der Waals surface area contributed by atoms with Crippen LogP contribution in [0.5, 0.6) is 5.75 Å². The van der Waals surface area contributed by atoms with Gasteiger partial charge in [0.15, 0.2) is 0 Å². The summed E-state index contributed by atoms with van der Waals surface area (Å²) in [6.07, 6.45) is 2.65. The summed E-state index contributed by atoms with van der Waals surface area (Å²) in [6, 6.07) is 24.4. The number of hydrazone groups is 1. The van der Waals surface area contributed by atoms with E-state index in [0.717, 1.165) is 65.4 Å². The summed E-state index contributed by atoms with van der Waals surface area (Å²) in [5.41, 5.74) is 6.36. The van der Waals surface area contributed by atoms with E-state index in [0.29, 0.717) is 18.9 Å². The Morgan fingerprint density at radius 1 is 1.00 bits per heavy atom. The third-order valence-corrected chi connectivity index (χ3v) is 7.79. The largest absolute Gasteiger partial charge is 0.497 e. The summed E-state index contributed by atoms with van der Waals surface area (Å²) >= 11 is 0. The van der Waals surface area contributed by atoms with Gasteiger partial charge in [-0.15, -0.1) is 0 Å². The van der Waals surface area contributed by atoms with Crippen molar-refractivity contribution in [1.29, 1.82) is 0 Å². The van der Waals surface area contributed by atoms with E-state index < -0.39 is 0 Å². The molecule has 1 saturated heterocycles. The van der Waals surface area contributed by atoms with Gasteiger partial charge in [0.05, 0.1) is 36.4 Å². The molecular formula is C31H33N5O2. The van der Waals surface area contributed by atoms with Gasteiger partial charge in [0.25, 0.3) is 5.91 Å². The third-order valence-electron chi connectivity index (χ3n) is 7.79. The quantitative estimate of drug-likeness (QED) is 0.377. The second-order valence-corrected chi connectivity index (χ2v) is 10.3. The summed E-state index contributed by atoms with van der Waals surface area (Å²) in [5, 5.41) is 6.58. The standard InChI is InChI=1S/C31H33N5O2/c1-21-7-9-23(10-8-21)29-19-28(22-11-13-25(38-2)14-12-22)34-36(29)30(37)20-35-17-15-24(16-18-35)31-32-26-5-3-4-6-27(26)33-31/h3-14,24,29H,15-20H2,1-2H3,(H,32,33). The van der Waals surface area contributed by atoms with Crippen LogP contribution in [0.1, 0.15) is 53.7 Å². The highest BCUT2D eigenvalue weighted by molar-refractivity contribution is 6.03. The molecule has 7 nitrogen and oxygen atoms in total. The van der Waals surface area contributed by atoms with Crippen molar-refractivity contribution in [2.75, 3.05) is 26.7 Å². The van der Waals surface area contributed by atoms with Gasteiger partial charge in [-0.3, -0.25) is 9.69 Å². The van der Waals surface area contributed by atoms with Gasteiger partial charge in [0.2, 0.25) is 0 Å². The van der Waals surface area contributed by atoms with Crippen LogP contribution < -0.4 is 4.74 Å². The fourth-order valence-corrected chi connectivity index (χ4v) is 5.54. The van der Waals surface area contributed by atoms with Crippen LogP contribution in [0.25, 0.3) is 11.0 Å². The molecule has 0 bridgehead atoms. The van der Waals surface area contributed by atoms with E-state index in [4.69, 9.17) is 14.8 Å². The molecule has 0 aliphatic carbocycles. The number of methoxy groups -OCH3 is 1. The van der Waals surface area contributed by atoms with E-state index >= 15 is 0 Å². The predicted molar refractivity (Wildman–Crippen MR) is 149 cm³/mol. The first-order chi connectivity index (χ1) is 18.6. The van der Waals surface area contributed by atoms with Gasteiger partial charge in [-0.05, 0) is 80.4 Å². The Morgan fingerprint density at radius 2 is 1.74 bits per heavy atom. The second-order valence-electron chi connectivity index (χ2n) is 10.3. The van der Waals surface area contributed by atoms with Gasteiger partial charge in [-0.1, -0.05) is 42.0 Å². The zero-order valence-corrected chi connectivity index (χ0v) is 21.9. The number of piperidine rings is 1. The van der Waals surface area contributed by atoms with Crippen LogP contribution in [0.15, 0.2) is 77.9 Å². The van der Waals surface area contributed by atoms with Crippen LogP contribution in [0.3, 0.4) is 0 Å². The highest BCUT2D eigenvalue weighted by Gasteiger charge is 2.34. The number of likely N-dealkylation sites (tertiary alicyclic amines) is 1. The molecular weight excluding hydrogens is 474 g/mol. The number of nitrogens with one attached hydrogen (secondary N) is 1. The topological polar surface area (TPSA) is 73.8 Å². The van der Waals surface area contributed by atoms with Crippen molar-refractivity contribution in [3.05, 3.63) is 95.3 Å². The molecule has 1 aromatic heterocycles. The van der Waals surface area contributed by atoms with Gasteiger partial charge in [-0.25, -0.2) is 9.99 Å². The zero-order valence-electron chi connectivity index (χ0n) is 21.9. The number of aromatic amines is 1. The maximum absolute atomic E-state index is 13.6. The molecule has 4 aromatic rings. The number of ether oxygens (including phenoxy) is 1. The smallest absolute Gasteiger partial charge is 0.257 e. The molecule has 0 spiro atoms. The monoisotopic (exact) mass is 507 g/mol. The molecule has 3 aromatic carbocycles. The molecule has 1 amide bonds. The minimum Gasteiger partial charge on any atom is -0.497 e. The fourth-order valence-electron chi connectivity index (χ4n) is 5.54. The predicted octanol–water partition coefficient (Wildman–Crippen LogP) is 5.44. The van der Waals surface area contributed by atoms with Gasteiger partial charge >= 0.3 is 0 Å². The number of hydrogen-bond acceptors (Lipinski definition) is 5. The SMILES string of the molecule is COc1ccc(C2=NN(C(=O)CN3CCC(c4nc5ccccc5[nH]4)CC3)C(c3ccc(C)cc3)C2)cc1. The number of carbonyl (C=O) groups is 1. The highest BCUT2D eigenvalue weighted by atomic mass is 16.5. The number of benzene rings is 3. The molecule has 7 heteroatoms. The van der Waals surface area contributed by atoms with E-state index in [2.05, 4.69) is 47.1 Å². The molecule has 2 aliphatic rings. The molecule has 0 radical (unpaired) electrons. The summed E-state index contributed by atoms with van der Waals surface area (Å²) in [5.74, 6) is 2.30. The molecule has 0 saturated carbocycles. The first-order valence-electron chi connectivity index (χ1n) is 13.3. The van der Waals surface area contributed by atoms with Crippen molar-refractivity contribution in [1.82, 2.24) is 19.9 Å². The molecule has 38 heavy (non-hydrogen) atoms. The number of aromatic nitrogens is 2. The minimum atomic E-state index is -0.103. The van der Waals surface area contributed by atoms with Crippen molar-refractivity contribution >= 4 is 22.7 Å². The van der Waals surface area contributed by atoms with Crippen molar-refractivity contribution in [2.45, 2.75) is 38.1 Å². The van der Waals surface area contributed by atoms with Crippen LogP contribution in [0.4, 0.5) is 0 Å².